The highest BCUT2D eigenvalue weighted by atomic mass is 16.5. The average molecular weight is 287 g/mol. The molecule has 0 saturated heterocycles. The maximum absolute atomic E-state index is 11.7. The van der Waals surface area contributed by atoms with Crippen molar-refractivity contribution < 1.29 is 14.3 Å². The number of benzene rings is 2. The number of fused-ring (bicyclic) bond motifs is 1. The zero-order valence-corrected chi connectivity index (χ0v) is 12.5. The Kier molecular flexibility index (Phi) is 4.81. The molecule has 0 amide bonds. The minimum atomic E-state index is -1.03. The summed E-state index contributed by atoms with van der Waals surface area (Å²) in [6.45, 7) is 4.12. The van der Waals surface area contributed by atoms with E-state index in [1.807, 2.05) is 42.5 Å². The highest BCUT2D eigenvalue weighted by Gasteiger charge is 2.29. The molecular formula is C17H21NO3. The Morgan fingerprint density at radius 2 is 1.90 bits per heavy atom. The lowest BCUT2D eigenvalue weighted by Crippen LogP contribution is -2.47. The van der Waals surface area contributed by atoms with Gasteiger partial charge in [-0.2, -0.15) is 0 Å². The summed E-state index contributed by atoms with van der Waals surface area (Å²) in [6, 6.07) is 13.9. The van der Waals surface area contributed by atoms with Crippen molar-refractivity contribution in [1.82, 2.24) is 0 Å². The number of ether oxygens (including phenoxy) is 2. The van der Waals surface area contributed by atoms with Crippen LogP contribution in [0.1, 0.15) is 20.3 Å². The smallest absolute Gasteiger partial charge is 0.325 e. The number of hydrogen-bond acceptors (Lipinski definition) is 4. The van der Waals surface area contributed by atoms with Gasteiger partial charge >= 0.3 is 5.97 Å². The molecule has 112 valence electrons. The van der Waals surface area contributed by atoms with Crippen LogP contribution in [0.5, 0.6) is 5.75 Å². The third-order valence-electron chi connectivity index (χ3n) is 3.37. The third-order valence-corrected chi connectivity index (χ3v) is 3.37. The molecule has 0 spiro atoms. The maximum Gasteiger partial charge on any atom is 0.325 e. The Morgan fingerprint density at radius 3 is 2.67 bits per heavy atom. The van der Waals surface area contributed by atoms with Crippen LogP contribution in [0, 0.1) is 0 Å². The first kappa shape index (κ1) is 15.3. The van der Waals surface area contributed by atoms with Gasteiger partial charge in [0.2, 0.25) is 0 Å². The molecule has 21 heavy (non-hydrogen) atoms. The van der Waals surface area contributed by atoms with E-state index in [2.05, 4.69) is 0 Å². The SMILES string of the molecule is CCOC(=O)C(C)(N)CCOc1cccc2ccccc12. The highest BCUT2D eigenvalue weighted by Crippen LogP contribution is 2.25. The van der Waals surface area contributed by atoms with Gasteiger partial charge in [-0.15, -0.1) is 0 Å². The maximum atomic E-state index is 11.7. The van der Waals surface area contributed by atoms with Crippen molar-refractivity contribution in [2.24, 2.45) is 5.73 Å². The van der Waals surface area contributed by atoms with E-state index in [1.54, 1.807) is 13.8 Å². The van der Waals surface area contributed by atoms with Gasteiger partial charge in [0.1, 0.15) is 11.3 Å². The second-order valence-electron chi connectivity index (χ2n) is 5.21. The molecule has 2 aromatic carbocycles. The molecule has 0 aliphatic carbocycles. The number of esters is 1. The van der Waals surface area contributed by atoms with Crippen LogP contribution in [0.15, 0.2) is 42.5 Å². The molecule has 2 N–H and O–H groups in total. The predicted octanol–water partition coefficient (Wildman–Crippen LogP) is 2.89. The Labute approximate surface area is 124 Å². The van der Waals surface area contributed by atoms with Crippen LogP contribution < -0.4 is 10.5 Å². The molecule has 0 radical (unpaired) electrons. The van der Waals surface area contributed by atoms with Gasteiger partial charge in [-0.25, -0.2) is 0 Å². The van der Waals surface area contributed by atoms with Crippen molar-refractivity contribution in [3.63, 3.8) is 0 Å². The van der Waals surface area contributed by atoms with E-state index in [-0.39, 0.29) is 0 Å². The van der Waals surface area contributed by atoms with Gasteiger partial charge in [-0.05, 0) is 25.3 Å². The lowest BCUT2D eigenvalue weighted by Gasteiger charge is -2.22. The number of hydrogen-bond donors (Lipinski definition) is 1. The summed E-state index contributed by atoms with van der Waals surface area (Å²) in [7, 11) is 0. The summed E-state index contributed by atoms with van der Waals surface area (Å²) in [6.07, 6.45) is 0.398. The minimum absolute atomic E-state index is 0.329. The topological polar surface area (TPSA) is 61.5 Å². The van der Waals surface area contributed by atoms with Crippen LogP contribution in [0.3, 0.4) is 0 Å². The van der Waals surface area contributed by atoms with Crippen molar-refractivity contribution in [2.45, 2.75) is 25.8 Å². The molecule has 2 aromatic rings. The summed E-state index contributed by atoms with van der Waals surface area (Å²) in [5, 5.41) is 2.17. The molecule has 0 heterocycles. The fraction of sp³-hybridized carbons (Fsp3) is 0.353. The molecule has 0 aliphatic heterocycles. The Bertz CT molecular complexity index is 617. The Balaban J connectivity index is 2.01. The van der Waals surface area contributed by atoms with Gasteiger partial charge in [-0.1, -0.05) is 36.4 Å². The number of nitrogens with two attached hydrogens (primary N) is 1. The largest absolute Gasteiger partial charge is 0.493 e. The molecule has 4 nitrogen and oxygen atoms in total. The van der Waals surface area contributed by atoms with E-state index in [0.717, 1.165) is 16.5 Å². The van der Waals surface area contributed by atoms with Gasteiger partial charge < -0.3 is 15.2 Å². The molecule has 0 bridgehead atoms. The van der Waals surface area contributed by atoms with E-state index in [0.29, 0.717) is 19.6 Å². The van der Waals surface area contributed by atoms with Gasteiger partial charge in [0.25, 0.3) is 0 Å². The highest BCUT2D eigenvalue weighted by molar-refractivity contribution is 5.88. The van der Waals surface area contributed by atoms with Crippen LogP contribution in [-0.4, -0.2) is 24.7 Å². The zero-order valence-electron chi connectivity index (χ0n) is 12.5. The summed E-state index contributed by atoms with van der Waals surface area (Å²) in [5.41, 5.74) is 4.94. The van der Waals surface area contributed by atoms with Gasteiger partial charge in [-0.3, -0.25) is 4.79 Å². The van der Waals surface area contributed by atoms with Gasteiger partial charge in [0.15, 0.2) is 0 Å². The van der Waals surface area contributed by atoms with Crippen LogP contribution in [0.25, 0.3) is 10.8 Å². The first-order valence-corrected chi connectivity index (χ1v) is 7.11. The summed E-state index contributed by atoms with van der Waals surface area (Å²) in [5.74, 6) is 0.402. The summed E-state index contributed by atoms with van der Waals surface area (Å²) < 4.78 is 10.8. The van der Waals surface area contributed by atoms with Gasteiger partial charge in [0, 0.05) is 11.8 Å². The third kappa shape index (κ3) is 3.73. The second kappa shape index (κ2) is 6.59. The molecule has 0 aromatic heterocycles. The Hall–Kier alpha value is -2.07. The van der Waals surface area contributed by atoms with Gasteiger partial charge in [0.05, 0.1) is 13.2 Å². The fourth-order valence-electron chi connectivity index (χ4n) is 2.09. The molecule has 0 aliphatic rings. The van der Waals surface area contributed by atoms with Crippen molar-refractivity contribution in [3.8, 4) is 5.75 Å². The average Bonchev–Trinajstić information content (AvgIpc) is 2.47. The lowest BCUT2D eigenvalue weighted by molar-refractivity contribution is -0.149. The van der Waals surface area contributed by atoms with E-state index >= 15 is 0 Å². The van der Waals surface area contributed by atoms with E-state index in [4.69, 9.17) is 15.2 Å². The summed E-state index contributed by atoms with van der Waals surface area (Å²) >= 11 is 0. The van der Waals surface area contributed by atoms with E-state index in [1.165, 1.54) is 0 Å². The number of carbonyl (C=O) groups is 1. The van der Waals surface area contributed by atoms with Crippen molar-refractivity contribution >= 4 is 16.7 Å². The monoisotopic (exact) mass is 287 g/mol. The van der Waals surface area contributed by atoms with E-state index in [9.17, 15) is 4.79 Å². The van der Waals surface area contributed by atoms with Crippen LogP contribution >= 0.6 is 0 Å². The minimum Gasteiger partial charge on any atom is -0.493 e. The van der Waals surface area contributed by atoms with Crippen molar-refractivity contribution in [1.29, 1.82) is 0 Å². The molecular weight excluding hydrogens is 266 g/mol. The first-order chi connectivity index (χ1) is 10.0. The van der Waals surface area contributed by atoms with Crippen molar-refractivity contribution in [3.05, 3.63) is 42.5 Å². The second-order valence-corrected chi connectivity index (χ2v) is 5.21. The molecule has 1 atom stereocenters. The summed E-state index contributed by atoms with van der Waals surface area (Å²) in [4.78, 5) is 11.7. The molecule has 0 fully saturated rings. The molecule has 1 unspecified atom stereocenters. The zero-order chi connectivity index (χ0) is 15.3. The standard InChI is InChI=1S/C17H21NO3/c1-3-20-16(19)17(2,18)11-12-21-15-10-6-8-13-7-4-5-9-14(13)15/h4-10H,3,11-12,18H2,1-2H3. The normalized spacial score (nSPS) is 13.7. The molecule has 0 saturated carbocycles. The van der Waals surface area contributed by atoms with Crippen LogP contribution in [-0.2, 0) is 9.53 Å². The molecule has 2 rings (SSSR count). The van der Waals surface area contributed by atoms with Crippen molar-refractivity contribution in [2.75, 3.05) is 13.2 Å². The van der Waals surface area contributed by atoms with Crippen LogP contribution in [0.4, 0.5) is 0 Å². The Morgan fingerprint density at radius 1 is 1.19 bits per heavy atom. The quantitative estimate of drug-likeness (QED) is 0.830. The van der Waals surface area contributed by atoms with E-state index < -0.39 is 11.5 Å². The lowest BCUT2D eigenvalue weighted by atomic mass is 10.0. The number of carbonyl (C=O) groups excluding carboxylic acids is 1. The molecule has 4 heteroatoms. The number of rotatable bonds is 6. The van der Waals surface area contributed by atoms with Crippen LogP contribution in [0.2, 0.25) is 0 Å². The first-order valence-electron chi connectivity index (χ1n) is 7.11. The predicted molar refractivity (Wildman–Crippen MR) is 83.3 cm³/mol. The fourth-order valence-corrected chi connectivity index (χ4v) is 2.09.